The molecular formula is C7H14N2O. The predicted molar refractivity (Wildman–Crippen MR) is 39.4 cm³/mol. The minimum Gasteiger partial charge on any atom is -0.326 e. The van der Waals surface area contributed by atoms with Gasteiger partial charge in [-0.2, -0.15) is 0 Å². The molecule has 1 N–H and O–H groups in total. The van der Waals surface area contributed by atoms with E-state index in [4.69, 9.17) is 0 Å². The second-order valence-electron chi connectivity index (χ2n) is 2.69. The van der Waals surface area contributed by atoms with Crippen LogP contribution in [-0.4, -0.2) is 29.6 Å². The Morgan fingerprint density at radius 3 is 2.40 bits per heavy atom. The Kier molecular flexibility index (Phi) is 1.94. The van der Waals surface area contributed by atoms with Crippen LogP contribution in [0.4, 0.5) is 0 Å². The molecule has 0 aliphatic carbocycles. The summed E-state index contributed by atoms with van der Waals surface area (Å²) in [5.41, 5.74) is 0. The van der Waals surface area contributed by atoms with Crippen molar-refractivity contribution in [1.29, 1.82) is 0 Å². The third kappa shape index (κ3) is 1.01. The van der Waals surface area contributed by atoms with Gasteiger partial charge in [-0.1, -0.05) is 0 Å². The number of hydrogen-bond acceptors (Lipinski definition) is 2. The fourth-order valence-corrected chi connectivity index (χ4v) is 1.39. The molecule has 1 aliphatic rings. The SMILES string of the molecule is CCN1C(=O)C(C)NC1C. The molecule has 0 aromatic rings. The molecule has 3 heteroatoms. The van der Waals surface area contributed by atoms with Crippen molar-refractivity contribution in [2.45, 2.75) is 33.0 Å². The maximum atomic E-state index is 11.2. The van der Waals surface area contributed by atoms with Gasteiger partial charge in [-0.05, 0) is 20.8 Å². The topological polar surface area (TPSA) is 32.3 Å². The molecule has 0 radical (unpaired) electrons. The highest BCUT2D eigenvalue weighted by atomic mass is 16.2. The van der Waals surface area contributed by atoms with Crippen molar-refractivity contribution in [3.63, 3.8) is 0 Å². The van der Waals surface area contributed by atoms with Crippen molar-refractivity contribution >= 4 is 5.91 Å². The fourth-order valence-electron chi connectivity index (χ4n) is 1.39. The van der Waals surface area contributed by atoms with Crippen molar-refractivity contribution in [2.75, 3.05) is 6.54 Å². The summed E-state index contributed by atoms with van der Waals surface area (Å²) in [6.45, 7) is 6.70. The van der Waals surface area contributed by atoms with Crippen LogP contribution in [0.2, 0.25) is 0 Å². The number of likely N-dealkylation sites (N-methyl/N-ethyl adjacent to an activating group) is 1. The fraction of sp³-hybridized carbons (Fsp3) is 0.857. The summed E-state index contributed by atoms with van der Waals surface area (Å²) in [5, 5.41) is 3.14. The van der Waals surface area contributed by atoms with Crippen molar-refractivity contribution in [3.05, 3.63) is 0 Å². The highest BCUT2D eigenvalue weighted by molar-refractivity contribution is 5.83. The molecule has 0 saturated carbocycles. The van der Waals surface area contributed by atoms with Crippen LogP contribution in [0.25, 0.3) is 0 Å². The van der Waals surface area contributed by atoms with Gasteiger partial charge in [0.05, 0.1) is 12.2 Å². The zero-order valence-corrected chi connectivity index (χ0v) is 6.72. The van der Waals surface area contributed by atoms with Gasteiger partial charge in [-0.15, -0.1) is 0 Å². The first kappa shape index (κ1) is 7.54. The quantitative estimate of drug-likeness (QED) is 0.566. The Balaban J connectivity index is 2.64. The molecule has 1 aliphatic heterocycles. The van der Waals surface area contributed by atoms with Crippen LogP contribution in [0, 0.1) is 0 Å². The summed E-state index contributed by atoms with van der Waals surface area (Å²) in [6, 6.07) is 0.00921. The Labute approximate surface area is 61.4 Å². The number of rotatable bonds is 1. The first-order valence-corrected chi connectivity index (χ1v) is 3.73. The number of hydrogen-bond donors (Lipinski definition) is 1. The van der Waals surface area contributed by atoms with Gasteiger partial charge < -0.3 is 4.90 Å². The summed E-state index contributed by atoms with van der Waals surface area (Å²) in [6.07, 6.45) is 0.215. The maximum Gasteiger partial charge on any atom is 0.240 e. The molecule has 1 heterocycles. The van der Waals surface area contributed by atoms with Gasteiger partial charge in [0, 0.05) is 6.54 Å². The van der Waals surface area contributed by atoms with Gasteiger partial charge in [0.2, 0.25) is 5.91 Å². The van der Waals surface area contributed by atoms with Crippen LogP contribution < -0.4 is 5.32 Å². The molecule has 1 fully saturated rings. The minimum atomic E-state index is 0.00921. The Morgan fingerprint density at radius 2 is 2.20 bits per heavy atom. The lowest BCUT2D eigenvalue weighted by molar-refractivity contribution is -0.129. The summed E-state index contributed by atoms with van der Waals surface area (Å²) in [4.78, 5) is 13.0. The summed E-state index contributed by atoms with van der Waals surface area (Å²) < 4.78 is 0. The average Bonchev–Trinajstić information content (AvgIpc) is 2.09. The van der Waals surface area contributed by atoms with Crippen molar-refractivity contribution in [3.8, 4) is 0 Å². The van der Waals surface area contributed by atoms with Gasteiger partial charge in [0.1, 0.15) is 0 Å². The van der Waals surface area contributed by atoms with Crippen LogP contribution in [0.15, 0.2) is 0 Å². The second-order valence-corrected chi connectivity index (χ2v) is 2.69. The zero-order chi connectivity index (χ0) is 7.72. The van der Waals surface area contributed by atoms with Crippen LogP contribution >= 0.6 is 0 Å². The first-order valence-electron chi connectivity index (χ1n) is 3.73. The molecule has 0 bridgehead atoms. The third-order valence-corrected chi connectivity index (χ3v) is 1.95. The van der Waals surface area contributed by atoms with E-state index < -0.39 is 0 Å². The number of carbonyl (C=O) groups is 1. The van der Waals surface area contributed by atoms with E-state index in [0.29, 0.717) is 0 Å². The number of nitrogens with one attached hydrogen (secondary N) is 1. The second kappa shape index (κ2) is 2.58. The molecule has 2 unspecified atom stereocenters. The lowest BCUT2D eigenvalue weighted by Crippen LogP contribution is -2.34. The third-order valence-electron chi connectivity index (χ3n) is 1.95. The summed E-state index contributed by atoms with van der Waals surface area (Å²) >= 11 is 0. The molecule has 1 amide bonds. The van der Waals surface area contributed by atoms with Gasteiger partial charge in [0.15, 0.2) is 0 Å². The summed E-state index contributed by atoms with van der Waals surface area (Å²) in [5.74, 6) is 0.218. The Bertz CT molecular complexity index is 147. The molecular weight excluding hydrogens is 128 g/mol. The van der Waals surface area contributed by atoms with E-state index in [2.05, 4.69) is 5.32 Å². The molecule has 2 atom stereocenters. The van der Waals surface area contributed by atoms with Gasteiger partial charge in [0.25, 0.3) is 0 Å². The smallest absolute Gasteiger partial charge is 0.240 e. The van der Waals surface area contributed by atoms with E-state index in [1.54, 1.807) is 0 Å². The first-order chi connectivity index (χ1) is 4.66. The number of nitrogens with zero attached hydrogens (tertiary/aromatic N) is 1. The Hall–Kier alpha value is -0.570. The van der Waals surface area contributed by atoms with Crippen LogP contribution in [0.3, 0.4) is 0 Å². The van der Waals surface area contributed by atoms with Crippen LogP contribution in [0.1, 0.15) is 20.8 Å². The van der Waals surface area contributed by atoms with E-state index in [9.17, 15) is 4.79 Å². The van der Waals surface area contributed by atoms with Gasteiger partial charge >= 0.3 is 0 Å². The summed E-state index contributed by atoms with van der Waals surface area (Å²) in [7, 11) is 0. The molecule has 1 rings (SSSR count). The van der Waals surface area contributed by atoms with Crippen LogP contribution in [0.5, 0.6) is 0 Å². The van der Waals surface area contributed by atoms with Crippen molar-refractivity contribution in [1.82, 2.24) is 10.2 Å². The molecule has 10 heavy (non-hydrogen) atoms. The van der Waals surface area contributed by atoms with E-state index in [0.717, 1.165) is 6.54 Å². The lowest BCUT2D eigenvalue weighted by Gasteiger charge is -2.17. The largest absolute Gasteiger partial charge is 0.326 e. The van der Waals surface area contributed by atoms with Gasteiger partial charge in [-0.3, -0.25) is 10.1 Å². The van der Waals surface area contributed by atoms with Crippen LogP contribution in [-0.2, 0) is 4.79 Å². The van der Waals surface area contributed by atoms with Crippen molar-refractivity contribution in [2.24, 2.45) is 0 Å². The minimum absolute atomic E-state index is 0.00921. The highest BCUT2D eigenvalue weighted by Gasteiger charge is 2.31. The molecule has 0 aromatic carbocycles. The molecule has 1 saturated heterocycles. The number of carbonyl (C=O) groups excluding carboxylic acids is 1. The monoisotopic (exact) mass is 142 g/mol. The van der Waals surface area contributed by atoms with E-state index >= 15 is 0 Å². The standard InChI is InChI=1S/C7H14N2O/c1-4-9-6(3)8-5(2)7(9)10/h5-6,8H,4H2,1-3H3. The van der Waals surface area contributed by atoms with Crippen molar-refractivity contribution < 1.29 is 4.79 Å². The van der Waals surface area contributed by atoms with Gasteiger partial charge in [-0.25, -0.2) is 0 Å². The van der Waals surface area contributed by atoms with E-state index in [1.807, 2.05) is 25.7 Å². The zero-order valence-electron chi connectivity index (χ0n) is 6.72. The Morgan fingerprint density at radius 1 is 1.60 bits per heavy atom. The average molecular weight is 142 g/mol. The molecule has 3 nitrogen and oxygen atoms in total. The number of amides is 1. The molecule has 58 valence electrons. The van der Waals surface area contributed by atoms with E-state index in [1.165, 1.54) is 0 Å². The predicted octanol–water partition coefficient (Wildman–Crippen LogP) is 0.173. The highest BCUT2D eigenvalue weighted by Crippen LogP contribution is 2.08. The molecule has 0 spiro atoms. The molecule has 0 aromatic heterocycles. The lowest BCUT2D eigenvalue weighted by atomic mass is 10.3. The normalized spacial score (nSPS) is 33.5. The van der Waals surface area contributed by atoms with E-state index in [-0.39, 0.29) is 18.1 Å². The maximum absolute atomic E-state index is 11.2.